The summed E-state index contributed by atoms with van der Waals surface area (Å²) < 4.78 is 0.983. The van der Waals surface area contributed by atoms with Gasteiger partial charge in [0.15, 0.2) is 0 Å². The van der Waals surface area contributed by atoms with Crippen LogP contribution >= 0.6 is 15.9 Å². The van der Waals surface area contributed by atoms with E-state index in [0.717, 1.165) is 16.7 Å². The van der Waals surface area contributed by atoms with Crippen molar-refractivity contribution < 1.29 is 0 Å². The topological polar surface area (TPSA) is 27.0 Å². The van der Waals surface area contributed by atoms with E-state index in [2.05, 4.69) is 47.3 Å². The highest BCUT2D eigenvalue weighted by atomic mass is 79.9. The third-order valence-electron chi connectivity index (χ3n) is 2.34. The Bertz CT molecular complexity index is 418. The van der Waals surface area contributed by atoms with Crippen molar-refractivity contribution in [3.63, 3.8) is 0 Å². The molecule has 0 spiro atoms. The largest absolute Gasteiger partial charge is 0.364 e. The van der Waals surface area contributed by atoms with E-state index >= 15 is 0 Å². The van der Waals surface area contributed by atoms with Gasteiger partial charge in [0.05, 0.1) is 11.3 Å². The van der Waals surface area contributed by atoms with Gasteiger partial charge in [-0.3, -0.25) is 0 Å². The van der Waals surface area contributed by atoms with Gasteiger partial charge in [-0.2, -0.15) is 5.26 Å². The van der Waals surface area contributed by atoms with Crippen LogP contribution in [0, 0.1) is 11.3 Å². The summed E-state index contributed by atoms with van der Waals surface area (Å²) in [5.41, 5.74) is 1.64. The Labute approximate surface area is 105 Å². The van der Waals surface area contributed by atoms with Gasteiger partial charge in [-0.15, -0.1) is 6.58 Å². The van der Waals surface area contributed by atoms with E-state index in [1.54, 1.807) is 0 Å². The average molecular weight is 279 g/mol. The number of nitriles is 1. The maximum absolute atomic E-state index is 9.09. The molecular formula is C13H15BrN2. The van der Waals surface area contributed by atoms with Crippen LogP contribution in [0.2, 0.25) is 0 Å². The third kappa shape index (κ3) is 2.86. The van der Waals surface area contributed by atoms with Gasteiger partial charge < -0.3 is 4.90 Å². The first-order chi connectivity index (χ1) is 7.60. The fourth-order valence-electron chi connectivity index (χ4n) is 1.56. The Hall–Kier alpha value is -1.27. The molecule has 0 aromatic heterocycles. The minimum Gasteiger partial charge on any atom is -0.364 e. The summed E-state index contributed by atoms with van der Waals surface area (Å²) in [7, 11) is 0. The second-order valence-electron chi connectivity index (χ2n) is 3.81. The summed E-state index contributed by atoms with van der Waals surface area (Å²) in [5, 5.41) is 9.09. The zero-order chi connectivity index (χ0) is 12.1. The average Bonchev–Trinajstić information content (AvgIpc) is 2.25. The molecule has 2 nitrogen and oxygen atoms in total. The fourth-order valence-corrected chi connectivity index (χ4v) is 1.91. The minimum absolute atomic E-state index is 0.333. The van der Waals surface area contributed by atoms with Crippen LogP contribution in [0.4, 0.5) is 5.69 Å². The maximum atomic E-state index is 9.09. The van der Waals surface area contributed by atoms with Crippen LogP contribution in [0.1, 0.15) is 19.4 Å². The summed E-state index contributed by atoms with van der Waals surface area (Å²) in [6.07, 6.45) is 1.85. The molecule has 84 valence electrons. The van der Waals surface area contributed by atoms with Crippen molar-refractivity contribution in [2.24, 2.45) is 0 Å². The predicted molar refractivity (Wildman–Crippen MR) is 71.5 cm³/mol. The summed E-state index contributed by atoms with van der Waals surface area (Å²) in [4.78, 5) is 2.15. The number of nitrogens with zero attached hydrogens (tertiary/aromatic N) is 2. The van der Waals surface area contributed by atoms with Crippen LogP contribution in [-0.4, -0.2) is 12.6 Å². The smallest absolute Gasteiger partial charge is 0.101 e. The number of anilines is 1. The summed E-state index contributed by atoms with van der Waals surface area (Å²) in [6, 6.07) is 8.24. The van der Waals surface area contributed by atoms with Gasteiger partial charge in [-0.25, -0.2) is 0 Å². The molecule has 0 amide bonds. The molecule has 0 atom stereocenters. The number of halogens is 1. The maximum Gasteiger partial charge on any atom is 0.101 e. The first-order valence-electron chi connectivity index (χ1n) is 5.17. The van der Waals surface area contributed by atoms with Crippen molar-refractivity contribution >= 4 is 21.6 Å². The molecule has 0 bridgehead atoms. The van der Waals surface area contributed by atoms with Crippen LogP contribution in [0.25, 0.3) is 0 Å². The zero-order valence-corrected chi connectivity index (χ0v) is 11.2. The summed E-state index contributed by atoms with van der Waals surface area (Å²) in [6.45, 7) is 8.69. The number of hydrogen-bond acceptors (Lipinski definition) is 2. The predicted octanol–water partition coefficient (Wildman–Crippen LogP) is 3.72. The standard InChI is InChI=1S/C13H15BrN2/c1-4-7-16(10(2)3)13-8-12(14)6-5-11(13)9-15/h4-6,8,10H,1,7H2,2-3H3. The number of rotatable bonds is 4. The van der Waals surface area contributed by atoms with E-state index in [4.69, 9.17) is 5.26 Å². The second-order valence-corrected chi connectivity index (χ2v) is 4.72. The van der Waals surface area contributed by atoms with Crippen molar-refractivity contribution in [2.45, 2.75) is 19.9 Å². The van der Waals surface area contributed by atoms with Crippen LogP contribution in [-0.2, 0) is 0 Å². The molecule has 0 aliphatic carbocycles. The Morgan fingerprint density at radius 1 is 1.56 bits per heavy atom. The Morgan fingerprint density at radius 2 is 2.25 bits per heavy atom. The van der Waals surface area contributed by atoms with E-state index < -0.39 is 0 Å². The van der Waals surface area contributed by atoms with Crippen LogP contribution in [0.5, 0.6) is 0 Å². The van der Waals surface area contributed by atoms with Crippen LogP contribution in [0.15, 0.2) is 35.3 Å². The third-order valence-corrected chi connectivity index (χ3v) is 2.83. The lowest BCUT2D eigenvalue weighted by atomic mass is 10.1. The molecule has 0 aliphatic rings. The molecule has 0 saturated carbocycles. The highest BCUT2D eigenvalue weighted by Gasteiger charge is 2.13. The molecule has 1 aromatic carbocycles. The van der Waals surface area contributed by atoms with E-state index in [1.165, 1.54) is 0 Å². The van der Waals surface area contributed by atoms with Crippen molar-refractivity contribution in [1.82, 2.24) is 0 Å². The highest BCUT2D eigenvalue weighted by molar-refractivity contribution is 9.10. The first-order valence-corrected chi connectivity index (χ1v) is 5.96. The zero-order valence-electron chi connectivity index (χ0n) is 9.57. The molecule has 16 heavy (non-hydrogen) atoms. The van der Waals surface area contributed by atoms with Crippen molar-refractivity contribution in [3.8, 4) is 6.07 Å². The molecule has 0 fully saturated rings. The lowest BCUT2D eigenvalue weighted by molar-refractivity contribution is 0.722. The Morgan fingerprint density at radius 3 is 2.75 bits per heavy atom. The normalized spacial score (nSPS) is 9.94. The molecule has 0 heterocycles. The van der Waals surface area contributed by atoms with Crippen molar-refractivity contribution in [3.05, 3.63) is 40.9 Å². The highest BCUT2D eigenvalue weighted by Crippen LogP contribution is 2.26. The van der Waals surface area contributed by atoms with Gasteiger partial charge in [0.2, 0.25) is 0 Å². The first kappa shape index (κ1) is 12.8. The summed E-state index contributed by atoms with van der Waals surface area (Å²) >= 11 is 3.43. The van der Waals surface area contributed by atoms with Crippen LogP contribution < -0.4 is 4.90 Å². The Balaban J connectivity index is 3.22. The van der Waals surface area contributed by atoms with E-state index in [1.807, 2.05) is 24.3 Å². The monoisotopic (exact) mass is 278 g/mol. The molecule has 1 aromatic rings. The van der Waals surface area contributed by atoms with Gasteiger partial charge in [0.25, 0.3) is 0 Å². The summed E-state index contributed by atoms with van der Waals surface area (Å²) in [5.74, 6) is 0. The minimum atomic E-state index is 0.333. The molecule has 0 saturated heterocycles. The SMILES string of the molecule is C=CCN(c1cc(Br)ccc1C#N)C(C)C. The molecular weight excluding hydrogens is 264 g/mol. The lowest BCUT2D eigenvalue weighted by Gasteiger charge is -2.28. The van der Waals surface area contributed by atoms with Crippen molar-refractivity contribution in [2.75, 3.05) is 11.4 Å². The van der Waals surface area contributed by atoms with Gasteiger partial charge in [0, 0.05) is 17.1 Å². The van der Waals surface area contributed by atoms with Gasteiger partial charge in [0.1, 0.15) is 6.07 Å². The van der Waals surface area contributed by atoms with Gasteiger partial charge in [-0.05, 0) is 32.0 Å². The lowest BCUT2D eigenvalue weighted by Crippen LogP contribution is -2.31. The molecule has 0 radical (unpaired) electrons. The molecule has 0 N–H and O–H groups in total. The quantitative estimate of drug-likeness (QED) is 0.785. The second kappa shape index (κ2) is 5.72. The fraction of sp³-hybridized carbons (Fsp3) is 0.308. The Kier molecular flexibility index (Phi) is 4.57. The van der Waals surface area contributed by atoms with Crippen molar-refractivity contribution in [1.29, 1.82) is 5.26 Å². The van der Waals surface area contributed by atoms with Crippen LogP contribution in [0.3, 0.4) is 0 Å². The molecule has 0 aliphatic heterocycles. The number of benzene rings is 1. The van der Waals surface area contributed by atoms with E-state index in [-0.39, 0.29) is 0 Å². The molecule has 3 heteroatoms. The molecule has 0 unspecified atom stereocenters. The van der Waals surface area contributed by atoms with Gasteiger partial charge >= 0.3 is 0 Å². The van der Waals surface area contributed by atoms with E-state index in [9.17, 15) is 0 Å². The number of hydrogen-bond donors (Lipinski definition) is 0. The van der Waals surface area contributed by atoms with Gasteiger partial charge in [-0.1, -0.05) is 22.0 Å². The molecule has 1 rings (SSSR count). The van der Waals surface area contributed by atoms with E-state index in [0.29, 0.717) is 11.6 Å².